The molecule has 2 amide bonds. The Morgan fingerprint density at radius 2 is 2.00 bits per heavy atom. The van der Waals surface area contributed by atoms with Crippen molar-refractivity contribution < 1.29 is 9.59 Å². The van der Waals surface area contributed by atoms with Crippen molar-refractivity contribution in [1.29, 1.82) is 0 Å². The van der Waals surface area contributed by atoms with Gasteiger partial charge in [0.05, 0.1) is 6.04 Å². The molecule has 0 saturated heterocycles. The van der Waals surface area contributed by atoms with Crippen LogP contribution in [0, 0.1) is 0 Å². The Labute approximate surface area is 146 Å². The van der Waals surface area contributed by atoms with Gasteiger partial charge < -0.3 is 10.2 Å². The highest BCUT2D eigenvalue weighted by atomic mass is 35.5. The Kier molecular flexibility index (Phi) is 4.86. The van der Waals surface area contributed by atoms with E-state index >= 15 is 0 Å². The first-order chi connectivity index (χ1) is 11.6. The van der Waals surface area contributed by atoms with Gasteiger partial charge in [-0.05, 0) is 30.2 Å². The van der Waals surface area contributed by atoms with Crippen LogP contribution in [0.2, 0.25) is 5.02 Å². The fourth-order valence-electron chi connectivity index (χ4n) is 3.06. The number of anilines is 1. The molecular formula is C19H19ClN2O2. The number of hydrogen-bond donors (Lipinski definition) is 1. The number of rotatable bonds is 3. The lowest BCUT2D eigenvalue weighted by molar-refractivity contribution is -0.136. The highest BCUT2D eigenvalue weighted by Crippen LogP contribution is 2.37. The quantitative estimate of drug-likeness (QED) is 0.916. The van der Waals surface area contributed by atoms with Gasteiger partial charge in [-0.1, -0.05) is 48.9 Å². The summed E-state index contributed by atoms with van der Waals surface area (Å²) < 4.78 is 0. The summed E-state index contributed by atoms with van der Waals surface area (Å²) in [4.78, 5) is 26.6. The third kappa shape index (κ3) is 3.29. The summed E-state index contributed by atoms with van der Waals surface area (Å²) in [5.41, 5.74) is 2.50. The van der Waals surface area contributed by atoms with Crippen molar-refractivity contribution in [2.24, 2.45) is 0 Å². The Bertz CT molecular complexity index is 761. The number of halogens is 1. The molecule has 2 aromatic rings. The van der Waals surface area contributed by atoms with Crippen LogP contribution in [0.5, 0.6) is 0 Å². The molecule has 0 aromatic heterocycles. The van der Waals surface area contributed by atoms with Crippen LogP contribution in [0.25, 0.3) is 0 Å². The van der Waals surface area contributed by atoms with Crippen molar-refractivity contribution in [3.8, 4) is 0 Å². The molecular weight excluding hydrogens is 324 g/mol. The molecule has 1 atom stereocenters. The number of carbonyl (C=O) groups is 2. The standard InChI is InChI=1S/C19H19ClN2O2/c1-2-6-18(24)22-12-17(23)21-16-10-9-14(20)11-15(16)19(22)13-7-4-3-5-8-13/h3-5,7-11,19H,2,6,12H2,1H3,(H,21,23)/t19-/m0/s1. The molecule has 0 aliphatic carbocycles. The first-order valence-electron chi connectivity index (χ1n) is 8.04. The Morgan fingerprint density at radius 1 is 1.25 bits per heavy atom. The Hall–Kier alpha value is -2.33. The van der Waals surface area contributed by atoms with E-state index in [9.17, 15) is 9.59 Å². The zero-order valence-corrected chi connectivity index (χ0v) is 14.2. The SMILES string of the molecule is CCCC(=O)N1CC(=O)Nc2ccc(Cl)cc2[C@@H]1c1ccccc1. The summed E-state index contributed by atoms with van der Waals surface area (Å²) in [6.45, 7) is 1.99. The highest BCUT2D eigenvalue weighted by molar-refractivity contribution is 6.30. The van der Waals surface area contributed by atoms with E-state index in [1.54, 1.807) is 17.0 Å². The molecule has 1 aliphatic heterocycles. The van der Waals surface area contributed by atoms with E-state index in [4.69, 9.17) is 11.6 Å². The number of benzene rings is 2. The number of amides is 2. The minimum absolute atomic E-state index is 0.0324. The van der Waals surface area contributed by atoms with Gasteiger partial charge >= 0.3 is 0 Å². The van der Waals surface area contributed by atoms with E-state index in [-0.39, 0.29) is 24.4 Å². The van der Waals surface area contributed by atoms with Gasteiger partial charge in [-0.25, -0.2) is 0 Å². The van der Waals surface area contributed by atoms with E-state index in [0.717, 1.165) is 17.5 Å². The fourth-order valence-corrected chi connectivity index (χ4v) is 3.24. The van der Waals surface area contributed by atoms with Crippen LogP contribution in [0.15, 0.2) is 48.5 Å². The van der Waals surface area contributed by atoms with Crippen LogP contribution in [0.3, 0.4) is 0 Å². The van der Waals surface area contributed by atoms with Gasteiger partial charge in [0.2, 0.25) is 11.8 Å². The first-order valence-corrected chi connectivity index (χ1v) is 8.41. The smallest absolute Gasteiger partial charge is 0.244 e. The molecule has 3 rings (SSSR count). The van der Waals surface area contributed by atoms with Gasteiger partial charge in [0.15, 0.2) is 0 Å². The van der Waals surface area contributed by atoms with Crippen LogP contribution < -0.4 is 5.32 Å². The molecule has 1 aliphatic rings. The molecule has 124 valence electrons. The zero-order chi connectivity index (χ0) is 17.1. The van der Waals surface area contributed by atoms with Crippen LogP contribution in [0.4, 0.5) is 5.69 Å². The highest BCUT2D eigenvalue weighted by Gasteiger charge is 2.32. The predicted octanol–water partition coefficient (Wildman–Crippen LogP) is 4.01. The topological polar surface area (TPSA) is 49.4 Å². The Balaban J connectivity index is 2.17. The number of nitrogens with zero attached hydrogens (tertiary/aromatic N) is 1. The van der Waals surface area contributed by atoms with Gasteiger partial charge in [-0.3, -0.25) is 9.59 Å². The molecule has 4 nitrogen and oxygen atoms in total. The van der Waals surface area contributed by atoms with E-state index in [1.165, 1.54) is 0 Å². The van der Waals surface area contributed by atoms with E-state index in [0.29, 0.717) is 17.1 Å². The number of fused-ring (bicyclic) bond motifs is 1. The fraction of sp³-hybridized carbons (Fsp3) is 0.263. The zero-order valence-electron chi connectivity index (χ0n) is 13.5. The van der Waals surface area contributed by atoms with E-state index < -0.39 is 0 Å². The van der Waals surface area contributed by atoms with Gasteiger partial charge in [-0.2, -0.15) is 0 Å². The maximum Gasteiger partial charge on any atom is 0.244 e. The second kappa shape index (κ2) is 7.05. The maximum atomic E-state index is 12.7. The average molecular weight is 343 g/mol. The number of carbonyl (C=O) groups excluding carboxylic acids is 2. The van der Waals surface area contributed by atoms with Gasteiger partial charge in [-0.15, -0.1) is 0 Å². The Morgan fingerprint density at radius 3 is 2.71 bits per heavy atom. The van der Waals surface area contributed by atoms with Gasteiger partial charge in [0.1, 0.15) is 6.54 Å². The van der Waals surface area contributed by atoms with Gasteiger partial charge in [0.25, 0.3) is 0 Å². The number of hydrogen-bond acceptors (Lipinski definition) is 2. The van der Waals surface area contributed by atoms with Crippen molar-refractivity contribution in [2.75, 3.05) is 11.9 Å². The monoisotopic (exact) mass is 342 g/mol. The lowest BCUT2D eigenvalue weighted by atomic mass is 9.95. The second-order valence-electron chi connectivity index (χ2n) is 5.86. The molecule has 0 fully saturated rings. The van der Waals surface area contributed by atoms with Crippen molar-refractivity contribution in [3.05, 3.63) is 64.7 Å². The lowest BCUT2D eigenvalue weighted by Gasteiger charge is -2.30. The molecule has 0 saturated carbocycles. The van der Waals surface area contributed by atoms with E-state index in [1.807, 2.05) is 43.3 Å². The minimum Gasteiger partial charge on any atom is -0.324 e. The third-order valence-corrected chi connectivity index (χ3v) is 4.34. The van der Waals surface area contributed by atoms with Crippen molar-refractivity contribution >= 4 is 29.1 Å². The predicted molar refractivity (Wildman–Crippen MR) is 95.0 cm³/mol. The normalized spacial score (nSPS) is 17.0. The first kappa shape index (κ1) is 16.5. The molecule has 0 spiro atoms. The summed E-state index contributed by atoms with van der Waals surface area (Å²) in [5.74, 6) is -0.226. The van der Waals surface area contributed by atoms with Crippen LogP contribution >= 0.6 is 11.6 Å². The van der Waals surface area contributed by atoms with Crippen LogP contribution in [-0.4, -0.2) is 23.3 Å². The summed E-state index contributed by atoms with van der Waals surface area (Å²) in [7, 11) is 0. The third-order valence-electron chi connectivity index (χ3n) is 4.11. The molecule has 0 unspecified atom stereocenters. The maximum absolute atomic E-state index is 12.7. The summed E-state index contributed by atoms with van der Waals surface area (Å²) >= 11 is 6.19. The summed E-state index contributed by atoms with van der Waals surface area (Å²) in [6.07, 6.45) is 1.15. The van der Waals surface area contributed by atoms with Gasteiger partial charge in [0, 0.05) is 22.7 Å². The largest absolute Gasteiger partial charge is 0.324 e. The number of nitrogens with one attached hydrogen (secondary N) is 1. The molecule has 24 heavy (non-hydrogen) atoms. The molecule has 1 heterocycles. The summed E-state index contributed by atoms with van der Waals surface area (Å²) in [6, 6.07) is 14.8. The average Bonchev–Trinajstić information content (AvgIpc) is 2.71. The summed E-state index contributed by atoms with van der Waals surface area (Å²) in [5, 5.41) is 3.46. The molecule has 2 aromatic carbocycles. The molecule has 1 N–H and O–H groups in total. The lowest BCUT2D eigenvalue weighted by Crippen LogP contribution is -2.38. The van der Waals surface area contributed by atoms with Crippen LogP contribution in [0.1, 0.15) is 36.9 Å². The van der Waals surface area contributed by atoms with E-state index in [2.05, 4.69) is 5.32 Å². The molecule has 5 heteroatoms. The second-order valence-corrected chi connectivity index (χ2v) is 6.30. The molecule has 0 bridgehead atoms. The van der Waals surface area contributed by atoms with Crippen molar-refractivity contribution in [2.45, 2.75) is 25.8 Å². The van der Waals surface area contributed by atoms with Crippen molar-refractivity contribution in [1.82, 2.24) is 4.90 Å². The van der Waals surface area contributed by atoms with Crippen LogP contribution in [-0.2, 0) is 9.59 Å². The minimum atomic E-state index is -0.335. The van der Waals surface area contributed by atoms with Crippen molar-refractivity contribution in [3.63, 3.8) is 0 Å². The molecule has 0 radical (unpaired) electrons.